The lowest BCUT2D eigenvalue weighted by molar-refractivity contribution is 0.921. The first-order valence-electron chi connectivity index (χ1n) is 5.60. The first-order chi connectivity index (χ1) is 7.77. The Bertz CT molecular complexity index is 526. The molecule has 0 aliphatic heterocycles. The van der Waals surface area contributed by atoms with E-state index in [0.717, 1.165) is 6.42 Å². The predicted octanol–water partition coefficient (Wildman–Crippen LogP) is 5.04. The highest BCUT2D eigenvalue weighted by Crippen LogP contribution is 2.29. The number of rotatable bonds is 3. The molecular formula is C15H15I. The van der Waals surface area contributed by atoms with Gasteiger partial charge in [0.1, 0.15) is 0 Å². The average molecular weight is 322 g/mol. The lowest BCUT2D eigenvalue weighted by atomic mass is 9.96. The molecule has 0 atom stereocenters. The van der Waals surface area contributed by atoms with Crippen LogP contribution in [0, 0.1) is 3.57 Å². The van der Waals surface area contributed by atoms with Gasteiger partial charge in [0.25, 0.3) is 0 Å². The van der Waals surface area contributed by atoms with Gasteiger partial charge in [0.15, 0.2) is 0 Å². The second-order valence-electron chi connectivity index (χ2n) is 3.93. The molecule has 2 aromatic carbocycles. The summed E-state index contributed by atoms with van der Waals surface area (Å²) < 4.78 is 1.34. The zero-order valence-electron chi connectivity index (χ0n) is 9.46. The molecule has 82 valence electrons. The van der Waals surface area contributed by atoms with Crippen molar-refractivity contribution in [2.24, 2.45) is 0 Å². The Kier molecular flexibility index (Phi) is 3.64. The van der Waals surface area contributed by atoms with Crippen molar-refractivity contribution in [3.8, 4) is 0 Å². The van der Waals surface area contributed by atoms with Crippen molar-refractivity contribution in [2.75, 3.05) is 0 Å². The molecule has 0 saturated heterocycles. The fraction of sp³-hybridized carbons (Fsp3) is 0.200. The number of benzene rings is 2. The molecule has 0 nitrogen and oxygen atoms in total. The highest BCUT2D eigenvalue weighted by Gasteiger charge is 2.07. The van der Waals surface area contributed by atoms with Crippen LogP contribution in [0.3, 0.4) is 0 Å². The van der Waals surface area contributed by atoms with Gasteiger partial charge in [-0.25, -0.2) is 0 Å². The van der Waals surface area contributed by atoms with Crippen LogP contribution in [0.4, 0.5) is 0 Å². The SMILES string of the molecule is C=Cc1c(CCC)cc(I)c2ccccc12. The summed E-state index contributed by atoms with van der Waals surface area (Å²) in [4.78, 5) is 0. The van der Waals surface area contributed by atoms with Gasteiger partial charge in [-0.1, -0.05) is 50.3 Å². The van der Waals surface area contributed by atoms with Crippen LogP contribution < -0.4 is 0 Å². The minimum absolute atomic E-state index is 1.13. The zero-order valence-corrected chi connectivity index (χ0v) is 11.6. The molecule has 0 aliphatic carbocycles. The smallest absolute Gasteiger partial charge is 0.0211 e. The summed E-state index contributed by atoms with van der Waals surface area (Å²) in [5.41, 5.74) is 2.72. The fourth-order valence-electron chi connectivity index (χ4n) is 2.12. The maximum atomic E-state index is 3.95. The Morgan fingerprint density at radius 3 is 2.56 bits per heavy atom. The number of fused-ring (bicyclic) bond motifs is 1. The Morgan fingerprint density at radius 2 is 1.94 bits per heavy atom. The van der Waals surface area contributed by atoms with Gasteiger partial charge in [0.05, 0.1) is 0 Å². The van der Waals surface area contributed by atoms with E-state index in [2.05, 4.69) is 66.4 Å². The van der Waals surface area contributed by atoms with Crippen molar-refractivity contribution in [1.29, 1.82) is 0 Å². The number of aryl methyl sites for hydroxylation is 1. The van der Waals surface area contributed by atoms with Gasteiger partial charge in [-0.2, -0.15) is 0 Å². The van der Waals surface area contributed by atoms with Crippen LogP contribution in [0.5, 0.6) is 0 Å². The fourth-order valence-corrected chi connectivity index (χ4v) is 2.97. The monoisotopic (exact) mass is 322 g/mol. The van der Waals surface area contributed by atoms with Gasteiger partial charge in [-0.3, -0.25) is 0 Å². The molecule has 0 bridgehead atoms. The maximum Gasteiger partial charge on any atom is 0.0211 e. The molecule has 0 heterocycles. The van der Waals surface area contributed by atoms with E-state index in [1.807, 2.05) is 6.08 Å². The van der Waals surface area contributed by atoms with E-state index in [-0.39, 0.29) is 0 Å². The highest BCUT2D eigenvalue weighted by atomic mass is 127. The van der Waals surface area contributed by atoms with E-state index in [1.165, 1.54) is 31.9 Å². The summed E-state index contributed by atoms with van der Waals surface area (Å²) in [5, 5.41) is 2.66. The second kappa shape index (κ2) is 5.00. The Balaban J connectivity index is 2.79. The van der Waals surface area contributed by atoms with E-state index in [4.69, 9.17) is 0 Å². The standard InChI is InChI=1S/C15H15I/c1-3-7-11-10-15(16)14-9-6-5-8-13(14)12(11)4-2/h4-6,8-10H,2-3,7H2,1H3. The molecule has 0 fully saturated rings. The Hall–Kier alpha value is -0.830. The summed E-state index contributed by atoms with van der Waals surface area (Å²) >= 11 is 2.42. The van der Waals surface area contributed by atoms with Crippen LogP contribution in [-0.2, 0) is 6.42 Å². The van der Waals surface area contributed by atoms with E-state index in [9.17, 15) is 0 Å². The largest absolute Gasteiger partial charge is 0.0984 e. The maximum absolute atomic E-state index is 3.95. The minimum atomic E-state index is 1.13. The molecule has 0 amide bonds. The topological polar surface area (TPSA) is 0 Å². The number of halogens is 1. The van der Waals surface area contributed by atoms with E-state index < -0.39 is 0 Å². The van der Waals surface area contributed by atoms with Crippen LogP contribution in [0.1, 0.15) is 24.5 Å². The van der Waals surface area contributed by atoms with Gasteiger partial charge in [0.2, 0.25) is 0 Å². The lowest BCUT2D eigenvalue weighted by Crippen LogP contribution is -1.92. The normalized spacial score (nSPS) is 10.6. The molecule has 0 aliphatic rings. The molecule has 1 heteroatoms. The van der Waals surface area contributed by atoms with Crippen LogP contribution in [0.2, 0.25) is 0 Å². The predicted molar refractivity (Wildman–Crippen MR) is 80.8 cm³/mol. The molecule has 0 saturated carbocycles. The third kappa shape index (κ3) is 2.01. The van der Waals surface area contributed by atoms with Crippen molar-refractivity contribution in [2.45, 2.75) is 19.8 Å². The summed E-state index contributed by atoms with van der Waals surface area (Å²) in [6, 6.07) is 10.9. The van der Waals surface area contributed by atoms with E-state index in [0.29, 0.717) is 0 Å². The van der Waals surface area contributed by atoms with Crippen molar-refractivity contribution in [3.63, 3.8) is 0 Å². The van der Waals surface area contributed by atoms with Crippen molar-refractivity contribution >= 4 is 39.4 Å². The van der Waals surface area contributed by atoms with Crippen LogP contribution in [-0.4, -0.2) is 0 Å². The summed E-state index contributed by atoms with van der Waals surface area (Å²) in [6.45, 7) is 6.17. The molecular weight excluding hydrogens is 307 g/mol. The zero-order chi connectivity index (χ0) is 11.5. The molecule has 0 radical (unpaired) electrons. The summed E-state index contributed by atoms with van der Waals surface area (Å²) in [7, 11) is 0. The summed E-state index contributed by atoms with van der Waals surface area (Å²) in [5.74, 6) is 0. The molecule has 0 unspecified atom stereocenters. The van der Waals surface area contributed by atoms with Crippen molar-refractivity contribution < 1.29 is 0 Å². The third-order valence-electron chi connectivity index (χ3n) is 2.84. The highest BCUT2D eigenvalue weighted by molar-refractivity contribution is 14.1. The van der Waals surface area contributed by atoms with Gasteiger partial charge >= 0.3 is 0 Å². The molecule has 0 aromatic heterocycles. The van der Waals surface area contributed by atoms with Crippen LogP contribution >= 0.6 is 22.6 Å². The third-order valence-corrected chi connectivity index (χ3v) is 3.74. The number of hydrogen-bond acceptors (Lipinski definition) is 0. The quantitative estimate of drug-likeness (QED) is 0.695. The van der Waals surface area contributed by atoms with E-state index in [1.54, 1.807) is 0 Å². The van der Waals surface area contributed by atoms with Crippen LogP contribution in [0.25, 0.3) is 16.8 Å². The van der Waals surface area contributed by atoms with Gasteiger partial charge in [-0.05, 0) is 57.0 Å². The number of hydrogen-bond donors (Lipinski definition) is 0. The van der Waals surface area contributed by atoms with Crippen molar-refractivity contribution in [3.05, 3.63) is 51.6 Å². The van der Waals surface area contributed by atoms with Gasteiger partial charge < -0.3 is 0 Å². The van der Waals surface area contributed by atoms with Crippen molar-refractivity contribution in [1.82, 2.24) is 0 Å². The minimum Gasteiger partial charge on any atom is -0.0984 e. The summed E-state index contributed by atoms with van der Waals surface area (Å²) in [6.07, 6.45) is 4.29. The molecule has 16 heavy (non-hydrogen) atoms. The molecule has 2 rings (SSSR count). The average Bonchev–Trinajstić information content (AvgIpc) is 2.30. The Morgan fingerprint density at radius 1 is 1.25 bits per heavy atom. The molecule has 2 aromatic rings. The van der Waals surface area contributed by atoms with Crippen LogP contribution in [0.15, 0.2) is 36.9 Å². The molecule has 0 spiro atoms. The molecule has 0 N–H and O–H groups in total. The van der Waals surface area contributed by atoms with Gasteiger partial charge in [-0.15, -0.1) is 0 Å². The lowest BCUT2D eigenvalue weighted by Gasteiger charge is -2.11. The van der Waals surface area contributed by atoms with Gasteiger partial charge in [0, 0.05) is 3.57 Å². The first-order valence-corrected chi connectivity index (χ1v) is 6.68. The second-order valence-corrected chi connectivity index (χ2v) is 5.09. The van der Waals surface area contributed by atoms with E-state index >= 15 is 0 Å². The Labute approximate surface area is 111 Å². The first kappa shape index (κ1) is 11.6.